The lowest BCUT2D eigenvalue weighted by Crippen LogP contribution is -2.16. The maximum atomic E-state index is 12.5. The third-order valence-corrected chi connectivity index (χ3v) is 1.97. The molecule has 0 saturated carbocycles. The second-order valence-electron chi connectivity index (χ2n) is 3.39. The van der Waals surface area contributed by atoms with Gasteiger partial charge in [-0.25, -0.2) is 0 Å². The first-order chi connectivity index (χ1) is 7.70. The second kappa shape index (κ2) is 7.92. The van der Waals surface area contributed by atoms with Gasteiger partial charge in [0.15, 0.2) is 0 Å². The Kier molecular flexibility index (Phi) is 8.44. The van der Waals surface area contributed by atoms with Crippen LogP contribution >= 0.6 is 0 Å². The fourth-order valence-electron chi connectivity index (χ4n) is 0.821. The van der Waals surface area contributed by atoms with E-state index in [0.29, 0.717) is 5.70 Å². The van der Waals surface area contributed by atoms with E-state index in [-0.39, 0.29) is 11.9 Å². The lowest BCUT2D eigenvalue weighted by atomic mass is 10.1. The molecule has 0 atom stereocenters. The van der Waals surface area contributed by atoms with Gasteiger partial charge in [0.05, 0.1) is 5.57 Å². The molecule has 0 aliphatic rings. The Bertz CT molecular complexity index is 301. The molecule has 0 spiro atoms. The van der Waals surface area contributed by atoms with Crippen LogP contribution in [0.15, 0.2) is 22.9 Å². The summed E-state index contributed by atoms with van der Waals surface area (Å²) in [5.74, 6) is 0. The number of hydrogen-bond acceptors (Lipinski definition) is 2. The molecule has 5 heteroatoms. The van der Waals surface area contributed by atoms with Gasteiger partial charge in [0.2, 0.25) is 0 Å². The van der Waals surface area contributed by atoms with Gasteiger partial charge in [0.1, 0.15) is 6.29 Å². The lowest BCUT2D eigenvalue weighted by molar-refractivity contribution is -0.107. The second-order valence-corrected chi connectivity index (χ2v) is 3.39. The van der Waals surface area contributed by atoms with Crippen LogP contribution in [0.3, 0.4) is 0 Å². The van der Waals surface area contributed by atoms with Gasteiger partial charge in [-0.3, -0.25) is 4.79 Å². The first-order valence-corrected chi connectivity index (χ1v) is 5.29. The third-order valence-electron chi connectivity index (χ3n) is 1.97. The van der Waals surface area contributed by atoms with Crippen molar-refractivity contribution in [3.63, 3.8) is 0 Å². The average molecular weight is 251 g/mol. The Morgan fingerprint density at radius 3 is 1.76 bits per heavy atom. The van der Waals surface area contributed by atoms with E-state index >= 15 is 0 Å². The Balaban J connectivity index is 0. The highest BCUT2D eigenvalue weighted by atomic mass is 19.4. The molecule has 0 saturated heterocycles. The summed E-state index contributed by atoms with van der Waals surface area (Å²) in [6.45, 7) is 6.69. The fraction of sp³-hybridized carbons (Fsp3) is 0.583. The van der Waals surface area contributed by atoms with Crippen LogP contribution in [0.5, 0.6) is 0 Å². The molecule has 0 aromatic heterocycles. The van der Waals surface area contributed by atoms with Crippen molar-refractivity contribution in [1.29, 1.82) is 0 Å². The summed E-state index contributed by atoms with van der Waals surface area (Å²) in [6.07, 6.45) is -3.33. The number of hydrogen-bond donors (Lipinski definition) is 0. The summed E-state index contributed by atoms with van der Waals surface area (Å²) < 4.78 is 37.5. The fourth-order valence-corrected chi connectivity index (χ4v) is 0.821. The van der Waals surface area contributed by atoms with E-state index in [1.165, 1.54) is 0 Å². The summed E-state index contributed by atoms with van der Waals surface area (Å²) in [5.41, 5.74) is -0.782. The zero-order valence-corrected chi connectivity index (χ0v) is 11.1. The molecule has 100 valence electrons. The number of carbonyl (C=O) groups is 1. The molecular formula is C12H20F3NO. The molecule has 0 heterocycles. The molecule has 17 heavy (non-hydrogen) atoms. The number of halogens is 3. The number of allylic oxidation sites excluding steroid dienone is 4. The number of nitrogens with zero attached hydrogens (tertiary/aromatic N) is 1. The highest BCUT2D eigenvalue weighted by Gasteiger charge is 2.33. The Morgan fingerprint density at radius 1 is 1.12 bits per heavy atom. The molecule has 0 aliphatic heterocycles. The van der Waals surface area contributed by atoms with E-state index in [9.17, 15) is 18.0 Å². The van der Waals surface area contributed by atoms with Gasteiger partial charge in [0, 0.05) is 25.4 Å². The predicted molar refractivity (Wildman–Crippen MR) is 63.6 cm³/mol. The summed E-state index contributed by atoms with van der Waals surface area (Å²) in [4.78, 5) is 11.9. The normalized spacial score (nSPS) is 13.4. The average Bonchev–Trinajstić information content (AvgIpc) is 2.25. The largest absolute Gasteiger partial charge is 0.416 e. The van der Waals surface area contributed by atoms with Crippen molar-refractivity contribution >= 4 is 6.29 Å². The topological polar surface area (TPSA) is 20.3 Å². The predicted octanol–water partition coefficient (Wildman–Crippen LogP) is 3.56. The molecule has 0 aliphatic carbocycles. The minimum Gasteiger partial charge on any atom is -0.381 e. The van der Waals surface area contributed by atoms with Gasteiger partial charge in [-0.1, -0.05) is 13.8 Å². The lowest BCUT2D eigenvalue weighted by Gasteiger charge is -2.15. The van der Waals surface area contributed by atoms with Crippen LogP contribution in [0, 0.1) is 0 Å². The monoisotopic (exact) mass is 251 g/mol. The molecule has 0 fully saturated rings. The van der Waals surface area contributed by atoms with Gasteiger partial charge in [-0.2, -0.15) is 13.2 Å². The first-order valence-electron chi connectivity index (χ1n) is 5.29. The minimum atomic E-state index is -4.50. The van der Waals surface area contributed by atoms with Gasteiger partial charge in [0.25, 0.3) is 0 Å². The maximum absolute atomic E-state index is 12.5. The molecule has 0 aromatic rings. The molecule has 0 amide bonds. The van der Waals surface area contributed by atoms with Crippen molar-refractivity contribution in [2.45, 2.75) is 33.9 Å². The molecule has 0 aromatic carbocycles. The first kappa shape index (κ1) is 18.1. The number of alkyl halides is 3. The van der Waals surface area contributed by atoms with Crippen molar-refractivity contribution in [3.05, 3.63) is 22.9 Å². The van der Waals surface area contributed by atoms with Crippen molar-refractivity contribution in [2.75, 3.05) is 14.1 Å². The van der Waals surface area contributed by atoms with Crippen LogP contribution in [0.1, 0.15) is 27.7 Å². The Hall–Kier alpha value is -1.26. The summed E-state index contributed by atoms with van der Waals surface area (Å²) >= 11 is 0. The number of rotatable bonds is 3. The smallest absolute Gasteiger partial charge is 0.381 e. The number of carbonyl (C=O) groups excluding carboxylic acids is 1. The third kappa shape index (κ3) is 6.81. The van der Waals surface area contributed by atoms with Crippen LogP contribution < -0.4 is 0 Å². The van der Waals surface area contributed by atoms with Gasteiger partial charge >= 0.3 is 6.18 Å². The van der Waals surface area contributed by atoms with Gasteiger partial charge in [-0.05, 0) is 19.9 Å². The summed E-state index contributed by atoms with van der Waals surface area (Å²) in [5, 5.41) is 0. The van der Waals surface area contributed by atoms with E-state index in [0.717, 1.165) is 13.0 Å². The zero-order valence-electron chi connectivity index (χ0n) is 11.1. The summed E-state index contributed by atoms with van der Waals surface area (Å²) in [6, 6.07) is 0. The highest BCUT2D eigenvalue weighted by Crippen LogP contribution is 2.29. The zero-order chi connectivity index (χ0) is 14.2. The van der Waals surface area contributed by atoms with E-state index < -0.39 is 11.7 Å². The van der Waals surface area contributed by atoms with E-state index in [1.807, 2.05) is 13.8 Å². The van der Waals surface area contributed by atoms with Crippen LogP contribution in [0.4, 0.5) is 13.2 Å². The Morgan fingerprint density at radius 2 is 1.53 bits per heavy atom. The van der Waals surface area contributed by atoms with Crippen LogP contribution in [0.2, 0.25) is 0 Å². The molecular weight excluding hydrogens is 231 g/mol. The van der Waals surface area contributed by atoms with E-state index in [2.05, 4.69) is 0 Å². The molecule has 0 rings (SSSR count). The van der Waals surface area contributed by atoms with Gasteiger partial charge < -0.3 is 4.90 Å². The molecule has 0 bridgehead atoms. The molecule has 2 nitrogen and oxygen atoms in total. The number of aldehydes is 1. The van der Waals surface area contributed by atoms with Crippen molar-refractivity contribution in [3.8, 4) is 0 Å². The summed E-state index contributed by atoms with van der Waals surface area (Å²) in [7, 11) is 3.27. The molecule has 0 unspecified atom stereocenters. The van der Waals surface area contributed by atoms with Crippen molar-refractivity contribution in [2.24, 2.45) is 0 Å². The van der Waals surface area contributed by atoms with Crippen molar-refractivity contribution < 1.29 is 18.0 Å². The Labute approximate surface area is 101 Å². The van der Waals surface area contributed by atoms with Gasteiger partial charge in [-0.15, -0.1) is 0 Å². The minimum absolute atomic E-state index is 0.211. The standard InChI is InChI=1S/C10H14F3NO.C2H6/c1-7(6-15)9(10(11,12)13)5-8(2)14(3)4;1-2/h5-6H,1-4H3;1-2H3/b8-5-,9-7+;. The molecule has 0 radical (unpaired) electrons. The van der Waals surface area contributed by atoms with E-state index in [4.69, 9.17) is 0 Å². The maximum Gasteiger partial charge on any atom is 0.416 e. The van der Waals surface area contributed by atoms with Crippen LogP contribution in [-0.2, 0) is 4.79 Å². The van der Waals surface area contributed by atoms with Crippen molar-refractivity contribution in [1.82, 2.24) is 4.90 Å². The van der Waals surface area contributed by atoms with Crippen LogP contribution in [0.25, 0.3) is 0 Å². The highest BCUT2D eigenvalue weighted by molar-refractivity contribution is 5.75. The quantitative estimate of drug-likeness (QED) is 0.434. The molecule has 0 N–H and O–H groups in total. The van der Waals surface area contributed by atoms with E-state index in [1.54, 1.807) is 25.9 Å². The SMILES string of the molecule is C/C(=C/C(=C(/C)C=O)C(F)(F)F)N(C)C.CC. The van der Waals surface area contributed by atoms with Crippen LogP contribution in [-0.4, -0.2) is 31.5 Å².